The van der Waals surface area contributed by atoms with E-state index >= 15 is 0 Å². The fourth-order valence-electron chi connectivity index (χ4n) is 0.416. The minimum Gasteiger partial charge on any atom is -0.388 e. The molecule has 0 spiro atoms. The Morgan fingerprint density at radius 3 is 2.78 bits per heavy atom. The summed E-state index contributed by atoms with van der Waals surface area (Å²) >= 11 is 4.08. The molecule has 4 heteroatoms. The van der Waals surface area contributed by atoms with Gasteiger partial charge in [-0.2, -0.15) is 12.6 Å². The van der Waals surface area contributed by atoms with Crippen LogP contribution in [0.25, 0.3) is 0 Å². The van der Waals surface area contributed by atoms with E-state index in [-0.39, 0.29) is 11.2 Å². The Labute approximate surface area is 60.9 Å². The lowest BCUT2D eigenvalue weighted by Gasteiger charge is -2.04. The molecule has 0 aliphatic rings. The Hall–Kier alpha value is -0.220. The molecule has 3 nitrogen and oxygen atoms in total. The van der Waals surface area contributed by atoms with Crippen molar-refractivity contribution in [2.24, 2.45) is 5.73 Å². The van der Waals surface area contributed by atoms with Gasteiger partial charge in [0.1, 0.15) is 0 Å². The van der Waals surface area contributed by atoms with Crippen LogP contribution in [0.2, 0.25) is 0 Å². The number of hydrogen-bond donors (Lipinski definition) is 4. The van der Waals surface area contributed by atoms with Crippen molar-refractivity contribution in [2.45, 2.75) is 18.7 Å². The molecule has 0 amide bonds. The SMILES string of the molecule is CC(S)NCCC(=N)N. The highest BCUT2D eigenvalue weighted by molar-refractivity contribution is 7.80. The molecular weight excluding hydrogens is 134 g/mol. The highest BCUT2D eigenvalue weighted by Crippen LogP contribution is 1.85. The minimum atomic E-state index is 0.185. The predicted molar refractivity (Wildman–Crippen MR) is 43.0 cm³/mol. The third-order valence-corrected chi connectivity index (χ3v) is 1.02. The van der Waals surface area contributed by atoms with E-state index < -0.39 is 0 Å². The van der Waals surface area contributed by atoms with E-state index in [0.29, 0.717) is 6.42 Å². The largest absolute Gasteiger partial charge is 0.388 e. The summed E-state index contributed by atoms with van der Waals surface area (Å²) in [5, 5.41) is 10.1. The van der Waals surface area contributed by atoms with Gasteiger partial charge in [0.25, 0.3) is 0 Å². The maximum atomic E-state index is 6.85. The van der Waals surface area contributed by atoms with Crippen molar-refractivity contribution in [1.82, 2.24) is 5.32 Å². The van der Waals surface area contributed by atoms with Crippen molar-refractivity contribution in [1.29, 1.82) is 5.41 Å². The summed E-state index contributed by atoms with van der Waals surface area (Å²) < 4.78 is 0. The first-order valence-corrected chi connectivity index (χ1v) is 3.39. The maximum Gasteiger partial charge on any atom is 0.0918 e. The summed E-state index contributed by atoms with van der Waals surface area (Å²) in [5.41, 5.74) is 5.10. The molecule has 0 aromatic carbocycles. The molecular formula is C5H13N3S. The van der Waals surface area contributed by atoms with Crippen LogP contribution in [0.3, 0.4) is 0 Å². The third kappa shape index (κ3) is 7.78. The molecule has 54 valence electrons. The topological polar surface area (TPSA) is 61.9 Å². The van der Waals surface area contributed by atoms with E-state index in [0.717, 1.165) is 6.54 Å². The highest BCUT2D eigenvalue weighted by Gasteiger charge is 1.92. The monoisotopic (exact) mass is 147 g/mol. The molecule has 0 aromatic rings. The number of nitrogens with one attached hydrogen (secondary N) is 2. The van der Waals surface area contributed by atoms with Crippen molar-refractivity contribution < 1.29 is 0 Å². The fraction of sp³-hybridized carbons (Fsp3) is 0.800. The van der Waals surface area contributed by atoms with Crippen LogP contribution in [0.5, 0.6) is 0 Å². The Morgan fingerprint density at radius 1 is 1.89 bits per heavy atom. The van der Waals surface area contributed by atoms with E-state index in [4.69, 9.17) is 11.1 Å². The molecule has 0 aliphatic carbocycles. The lowest BCUT2D eigenvalue weighted by atomic mass is 10.4. The molecule has 1 atom stereocenters. The van der Waals surface area contributed by atoms with E-state index in [1.807, 2.05) is 6.92 Å². The Bertz CT molecular complexity index is 92.2. The summed E-state index contributed by atoms with van der Waals surface area (Å²) in [6.45, 7) is 2.67. The second kappa shape index (κ2) is 4.64. The lowest BCUT2D eigenvalue weighted by molar-refractivity contribution is 0.700. The van der Waals surface area contributed by atoms with Gasteiger partial charge >= 0.3 is 0 Å². The smallest absolute Gasteiger partial charge is 0.0918 e. The second-order valence-corrected chi connectivity index (χ2v) is 2.68. The van der Waals surface area contributed by atoms with Crippen molar-refractivity contribution in [3.05, 3.63) is 0 Å². The van der Waals surface area contributed by atoms with Gasteiger partial charge in [-0.15, -0.1) is 0 Å². The number of amidine groups is 1. The van der Waals surface area contributed by atoms with Crippen molar-refractivity contribution in [2.75, 3.05) is 6.54 Å². The first-order chi connectivity index (χ1) is 4.13. The summed E-state index contributed by atoms with van der Waals surface area (Å²) in [6, 6.07) is 0. The Kier molecular flexibility index (Phi) is 4.53. The number of thiol groups is 1. The summed E-state index contributed by atoms with van der Waals surface area (Å²) in [7, 11) is 0. The normalized spacial score (nSPS) is 13.1. The molecule has 1 unspecified atom stereocenters. The first-order valence-electron chi connectivity index (χ1n) is 2.87. The summed E-state index contributed by atoms with van der Waals surface area (Å²) in [5.74, 6) is 0.219. The first kappa shape index (κ1) is 8.78. The van der Waals surface area contributed by atoms with Crippen LogP contribution < -0.4 is 11.1 Å². The van der Waals surface area contributed by atoms with E-state index in [1.54, 1.807) is 0 Å². The summed E-state index contributed by atoms with van der Waals surface area (Å²) in [4.78, 5) is 0. The molecule has 0 saturated heterocycles. The number of nitrogens with two attached hydrogens (primary N) is 1. The Morgan fingerprint density at radius 2 is 2.44 bits per heavy atom. The van der Waals surface area contributed by atoms with Crippen LogP contribution in [0.4, 0.5) is 0 Å². The average Bonchev–Trinajstić information content (AvgIpc) is 1.63. The van der Waals surface area contributed by atoms with Gasteiger partial charge < -0.3 is 11.1 Å². The maximum absolute atomic E-state index is 6.85. The van der Waals surface area contributed by atoms with Gasteiger partial charge in [-0.3, -0.25) is 5.41 Å². The van der Waals surface area contributed by atoms with Gasteiger partial charge in [-0.1, -0.05) is 0 Å². The van der Waals surface area contributed by atoms with E-state index in [1.165, 1.54) is 0 Å². The molecule has 0 aliphatic heterocycles. The number of rotatable bonds is 4. The van der Waals surface area contributed by atoms with Crippen LogP contribution in [-0.2, 0) is 0 Å². The van der Waals surface area contributed by atoms with Gasteiger partial charge in [0.2, 0.25) is 0 Å². The molecule has 9 heavy (non-hydrogen) atoms. The molecule has 0 aromatic heterocycles. The third-order valence-electron chi connectivity index (χ3n) is 0.834. The molecule has 0 radical (unpaired) electrons. The molecule has 0 rings (SSSR count). The lowest BCUT2D eigenvalue weighted by Crippen LogP contribution is -2.25. The van der Waals surface area contributed by atoms with Gasteiger partial charge in [0.05, 0.1) is 5.84 Å². The average molecular weight is 147 g/mol. The fourth-order valence-corrected chi connectivity index (χ4v) is 0.545. The van der Waals surface area contributed by atoms with Gasteiger partial charge in [-0.25, -0.2) is 0 Å². The highest BCUT2D eigenvalue weighted by atomic mass is 32.1. The van der Waals surface area contributed by atoms with Crippen LogP contribution in [0.1, 0.15) is 13.3 Å². The van der Waals surface area contributed by atoms with Gasteiger partial charge in [-0.05, 0) is 6.92 Å². The van der Waals surface area contributed by atoms with Crippen LogP contribution in [0, 0.1) is 5.41 Å². The molecule has 0 heterocycles. The van der Waals surface area contributed by atoms with Gasteiger partial charge in [0.15, 0.2) is 0 Å². The number of hydrogen-bond acceptors (Lipinski definition) is 3. The van der Waals surface area contributed by atoms with Crippen LogP contribution >= 0.6 is 12.6 Å². The predicted octanol–water partition coefficient (Wildman–Crippen LogP) is 0.178. The molecule has 0 bridgehead atoms. The van der Waals surface area contributed by atoms with Crippen molar-refractivity contribution >= 4 is 18.5 Å². The van der Waals surface area contributed by atoms with Crippen molar-refractivity contribution in [3.8, 4) is 0 Å². The minimum absolute atomic E-state index is 0.185. The second-order valence-electron chi connectivity index (χ2n) is 1.91. The van der Waals surface area contributed by atoms with Gasteiger partial charge in [0, 0.05) is 18.3 Å². The zero-order chi connectivity index (χ0) is 7.28. The van der Waals surface area contributed by atoms with Crippen molar-refractivity contribution in [3.63, 3.8) is 0 Å². The summed E-state index contributed by atoms with van der Waals surface area (Å²) in [6.07, 6.45) is 0.602. The molecule has 0 saturated carbocycles. The van der Waals surface area contributed by atoms with Crippen LogP contribution in [-0.4, -0.2) is 17.8 Å². The Balaban J connectivity index is 3.01. The van der Waals surface area contributed by atoms with E-state index in [9.17, 15) is 0 Å². The zero-order valence-electron chi connectivity index (χ0n) is 5.52. The quantitative estimate of drug-likeness (QED) is 0.198. The van der Waals surface area contributed by atoms with Crippen LogP contribution in [0.15, 0.2) is 0 Å². The molecule has 4 N–H and O–H groups in total. The zero-order valence-corrected chi connectivity index (χ0v) is 6.41. The standard InChI is InChI=1S/C5H13N3S/c1-4(9)8-3-2-5(6)7/h4,8-9H,2-3H2,1H3,(H3,6,7). The molecule has 0 fully saturated rings. The van der Waals surface area contributed by atoms with E-state index in [2.05, 4.69) is 17.9 Å².